The number of piperazine rings is 1. The van der Waals surface area contributed by atoms with Gasteiger partial charge in [-0.2, -0.15) is 0 Å². The van der Waals surface area contributed by atoms with Crippen LogP contribution >= 0.6 is 11.6 Å². The van der Waals surface area contributed by atoms with Crippen molar-refractivity contribution in [3.8, 4) is 0 Å². The van der Waals surface area contributed by atoms with Gasteiger partial charge in [0.15, 0.2) is 0 Å². The summed E-state index contributed by atoms with van der Waals surface area (Å²) in [6, 6.07) is 8.02. The third-order valence-corrected chi connectivity index (χ3v) is 6.66. The van der Waals surface area contributed by atoms with Crippen LogP contribution in [0, 0.1) is 12.8 Å². The van der Waals surface area contributed by atoms with Crippen LogP contribution in [-0.2, 0) is 17.6 Å². The Morgan fingerprint density at radius 3 is 2.37 bits per heavy atom. The normalized spacial score (nSPS) is 17.6. The lowest BCUT2D eigenvalue weighted by Crippen LogP contribution is -2.50. The van der Waals surface area contributed by atoms with Crippen LogP contribution < -0.4 is 4.90 Å². The molecule has 5 nitrogen and oxygen atoms in total. The van der Waals surface area contributed by atoms with Crippen LogP contribution in [0.4, 0.5) is 5.82 Å². The number of nitrogens with zero attached hydrogens (tertiary/aromatic N) is 4. The largest absolute Gasteiger partial charge is 0.353 e. The van der Waals surface area contributed by atoms with E-state index < -0.39 is 0 Å². The van der Waals surface area contributed by atoms with E-state index in [1.165, 1.54) is 24.0 Å². The first-order valence-electron chi connectivity index (χ1n) is 11.2. The average Bonchev–Trinajstić information content (AvgIpc) is 3.30. The number of benzene rings is 1. The summed E-state index contributed by atoms with van der Waals surface area (Å²) in [4.78, 5) is 26.8. The quantitative estimate of drug-likeness (QED) is 0.709. The topological polar surface area (TPSA) is 49.3 Å². The molecule has 160 valence electrons. The second-order valence-corrected chi connectivity index (χ2v) is 8.91. The van der Waals surface area contributed by atoms with Gasteiger partial charge in [0.25, 0.3) is 0 Å². The summed E-state index contributed by atoms with van der Waals surface area (Å²) in [5.41, 5.74) is 3.51. The van der Waals surface area contributed by atoms with Gasteiger partial charge in [0, 0.05) is 54.8 Å². The molecule has 0 N–H and O–H groups in total. The van der Waals surface area contributed by atoms with E-state index >= 15 is 0 Å². The van der Waals surface area contributed by atoms with Crippen molar-refractivity contribution in [2.45, 2.75) is 52.4 Å². The molecule has 1 aliphatic carbocycles. The first-order chi connectivity index (χ1) is 14.5. The van der Waals surface area contributed by atoms with E-state index in [4.69, 9.17) is 21.6 Å². The molecule has 0 radical (unpaired) electrons. The number of aryl methyl sites for hydroxylation is 2. The summed E-state index contributed by atoms with van der Waals surface area (Å²) < 4.78 is 0. The molecule has 1 aliphatic heterocycles. The van der Waals surface area contributed by atoms with E-state index in [1.807, 2.05) is 19.1 Å². The van der Waals surface area contributed by atoms with Crippen LogP contribution in [0.5, 0.6) is 0 Å². The fraction of sp³-hybridized carbons (Fsp3) is 0.542. The first kappa shape index (κ1) is 21.1. The van der Waals surface area contributed by atoms with Crippen LogP contribution in [-0.4, -0.2) is 47.0 Å². The van der Waals surface area contributed by atoms with Gasteiger partial charge in [-0.25, -0.2) is 9.97 Å². The summed E-state index contributed by atoms with van der Waals surface area (Å²) in [5.74, 6) is 2.46. The van der Waals surface area contributed by atoms with Gasteiger partial charge in [-0.05, 0) is 43.9 Å². The number of aromatic nitrogens is 2. The minimum Gasteiger partial charge on any atom is -0.353 e. The van der Waals surface area contributed by atoms with Crippen molar-refractivity contribution in [2.75, 3.05) is 31.1 Å². The highest BCUT2D eigenvalue weighted by atomic mass is 35.5. The zero-order chi connectivity index (χ0) is 21.1. The second kappa shape index (κ2) is 9.34. The third-order valence-electron chi connectivity index (χ3n) is 6.41. The van der Waals surface area contributed by atoms with E-state index in [9.17, 15) is 4.79 Å². The lowest BCUT2D eigenvalue weighted by Gasteiger charge is -2.37. The summed E-state index contributed by atoms with van der Waals surface area (Å²) in [6.45, 7) is 7.32. The maximum absolute atomic E-state index is 12.8. The molecule has 1 aromatic heterocycles. The Morgan fingerprint density at radius 1 is 1.07 bits per heavy atom. The molecule has 30 heavy (non-hydrogen) atoms. The molecule has 2 aromatic rings. The van der Waals surface area contributed by atoms with Crippen molar-refractivity contribution in [3.63, 3.8) is 0 Å². The molecule has 1 amide bonds. The fourth-order valence-electron chi connectivity index (χ4n) is 4.75. The van der Waals surface area contributed by atoms with Gasteiger partial charge in [-0.1, -0.05) is 43.5 Å². The number of rotatable bonds is 5. The van der Waals surface area contributed by atoms with E-state index in [1.54, 1.807) is 0 Å². The molecule has 0 spiro atoms. The summed E-state index contributed by atoms with van der Waals surface area (Å²) in [6.07, 6.45) is 6.19. The van der Waals surface area contributed by atoms with Crippen molar-refractivity contribution in [1.29, 1.82) is 0 Å². The van der Waals surface area contributed by atoms with Gasteiger partial charge in [-0.15, -0.1) is 0 Å². The zero-order valence-corrected chi connectivity index (χ0v) is 18.8. The number of hydrogen-bond acceptors (Lipinski definition) is 4. The molecule has 0 bridgehead atoms. The molecule has 1 saturated heterocycles. The highest BCUT2D eigenvalue weighted by Gasteiger charge is 2.30. The molecule has 0 atom stereocenters. The number of carbonyl (C=O) groups excluding carboxylic acids is 1. The Hall–Kier alpha value is -2.14. The van der Waals surface area contributed by atoms with Crippen LogP contribution in [0.25, 0.3) is 0 Å². The van der Waals surface area contributed by atoms with Gasteiger partial charge in [-0.3, -0.25) is 4.79 Å². The Morgan fingerprint density at radius 2 is 1.73 bits per heavy atom. The lowest BCUT2D eigenvalue weighted by molar-refractivity contribution is -0.135. The number of halogens is 1. The molecule has 2 aliphatic rings. The molecule has 2 fully saturated rings. The molecular formula is C24H31ClN4O. The summed E-state index contributed by atoms with van der Waals surface area (Å²) >= 11 is 6.07. The van der Waals surface area contributed by atoms with Crippen LogP contribution in [0.15, 0.2) is 24.3 Å². The molecular weight excluding hydrogens is 396 g/mol. The number of hydrogen-bond donors (Lipinski definition) is 0. The Labute approximate surface area is 184 Å². The highest BCUT2D eigenvalue weighted by Crippen LogP contribution is 2.29. The minimum absolute atomic E-state index is 0.255. The van der Waals surface area contributed by atoms with Crippen molar-refractivity contribution >= 4 is 23.3 Å². The Bertz CT molecular complexity index is 885. The van der Waals surface area contributed by atoms with Crippen molar-refractivity contribution in [2.24, 2.45) is 5.92 Å². The summed E-state index contributed by atoms with van der Waals surface area (Å²) in [5, 5.41) is 0.748. The maximum Gasteiger partial charge on any atom is 0.225 e. The highest BCUT2D eigenvalue weighted by molar-refractivity contribution is 6.30. The summed E-state index contributed by atoms with van der Waals surface area (Å²) in [7, 11) is 0. The molecule has 0 unspecified atom stereocenters. The maximum atomic E-state index is 12.8. The third kappa shape index (κ3) is 4.61. The smallest absolute Gasteiger partial charge is 0.225 e. The molecule has 2 heterocycles. The van der Waals surface area contributed by atoms with Gasteiger partial charge in [0.1, 0.15) is 11.6 Å². The zero-order valence-electron chi connectivity index (χ0n) is 18.0. The van der Waals surface area contributed by atoms with E-state index in [2.05, 4.69) is 28.9 Å². The van der Waals surface area contributed by atoms with Crippen molar-refractivity contribution in [3.05, 3.63) is 51.9 Å². The number of anilines is 1. The predicted octanol–water partition coefficient (Wildman–Crippen LogP) is 4.43. The molecule has 4 rings (SSSR count). The lowest BCUT2D eigenvalue weighted by atomic mass is 10.0. The Kier molecular flexibility index (Phi) is 6.57. The first-order valence-corrected chi connectivity index (χ1v) is 11.6. The SMILES string of the molecule is CCc1nc(C)nc(N2CCN(C(=O)C3CCCC3)CC2)c1Cc1ccc(Cl)cc1. The molecule has 1 aromatic carbocycles. The van der Waals surface area contributed by atoms with Crippen molar-refractivity contribution in [1.82, 2.24) is 14.9 Å². The standard InChI is InChI=1S/C24H31ClN4O/c1-3-22-21(16-18-8-10-20(25)11-9-18)23(27-17(2)26-22)28-12-14-29(15-13-28)24(30)19-6-4-5-7-19/h8-11,19H,3-7,12-16H2,1-2H3. The molecule has 6 heteroatoms. The fourth-order valence-corrected chi connectivity index (χ4v) is 4.87. The van der Waals surface area contributed by atoms with E-state index in [-0.39, 0.29) is 5.92 Å². The monoisotopic (exact) mass is 426 g/mol. The van der Waals surface area contributed by atoms with E-state index in [0.29, 0.717) is 5.91 Å². The number of carbonyl (C=O) groups is 1. The van der Waals surface area contributed by atoms with Gasteiger partial charge >= 0.3 is 0 Å². The average molecular weight is 427 g/mol. The van der Waals surface area contributed by atoms with E-state index in [0.717, 1.165) is 74.2 Å². The van der Waals surface area contributed by atoms with Gasteiger partial charge in [0.2, 0.25) is 5.91 Å². The predicted molar refractivity (Wildman–Crippen MR) is 121 cm³/mol. The second-order valence-electron chi connectivity index (χ2n) is 8.47. The van der Waals surface area contributed by atoms with Gasteiger partial charge < -0.3 is 9.80 Å². The van der Waals surface area contributed by atoms with Gasteiger partial charge in [0.05, 0.1) is 0 Å². The van der Waals surface area contributed by atoms with Crippen molar-refractivity contribution < 1.29 is 4.79 Å². The number of amides is 1. The van der Waals surface area contributed by atoms with Crippen LogP contribution in [0.2, 0.25) is 5.02 Å². The Balaban J connectivity index is 1.54. The molecule has 1 saturated carbocycles. The van der Waals surface area contributed by atoms with Crippen LogP contribution in [0.1, 0.15) is 55.3 Å². The minimum atomic E-state index is 0.255. The van der Waals surface area contributed by atoms with Crippen LogP contribution in [0.3, 0.4) is 0 Å².